The molecule has 1 saturated heterocycles. The molecule has 0 aromatic rings. The number of thioether (sulfide) groups is 1. The zero-order valence-corrected chi connectivity index (χ0v) is 11.7. The van der Waals surface area contributed by atoms with E-state index in [-0.39, 0.29) is 17.8 Å². The number of hydrogen-bond acceptors (Lipinski definition) is 4. The summed E-state index contributed by atoms with van der Waals surface area (Å²) in [5, 5.41) is 14.4. The lowest BCUT2D eigenvalue weighted by Crippen LogP contribution is -2.38. The average Bonchev–Trinajstić information content (AvgIpc) is 2.38. The number of amides is 1. The van der Waals surface area contributed by atoms with Crippen LogP contribution in [0, 0.1) is 5.92 Å². The summed E-state index contributed by atoms with van der Waals surface area (Å²) in [6.45, 7) is 1.98. The zero-order chi connectivity index (χ0) is 13.4. The fraction of sp³-hybridized carbons (Fsp3) is 0.833. The number of hydrogen-bond donors (Lipinski definition) is 3. The second-order valence-corrected chi connectivity index (χ2v) is 5.95. The molecule has 5 nitrogen and oxygen atoms in total. The number of nitrogens with zero attached hydrogens (tertiary/aromatic N) is 1. The Hall–Kier alpha value is -0.910. The average molecular weight is 273 g/mol. The third kappa shape index (κ3) is 5.62. The van der Waals surface area contributed by atoms with Crippen LogP contribution in [-0.4, -0.2) is 34.5 Å². The standard InChI is InChI=1S/C12H23N3O2S/c1-2-10(8-11(13)15-17)14-12(16)7-9-3-5-18-6-4-9/h9-10,17H,2-8H2,1H3,(H2,13,15)(H,14,16). The molecule has 18 heavy (non-hydrogen) atoms. The van der Waals surface area contributed by atoms with Gasteiger partial charge in [-0.25, -0.2) is 0 Å². The van der Waals surface area contributed by atoms with Crippen LogP contribution in [0.1, 0.15) is 39.0 Å². The fourth-order valence-electron chi connectivity index (χ4n) is 2.09. The quantitative estimate of drug-likeness (QED) is 0.296. The third-order valence-electron chi connectivity index (χ3n) is 3.26. The highest BCUT2D eigenvalue weighted by molar-refractivity contribution is 7.99. The first kappa shape index (κ1) is 15.1. The monoisotopic (exact) mass is 273 g/mol. The molecule has 1 rings (SSSR count). The summed E-state index contributed by atoms with van der Waals surface area (Å²) in [5.41, 5.74) is 5.46. The maximum atomic E-state index is 11.9. The van der Waals surface area contributed by atoms with Crippen molar-refractivity contribution in [2.24, 2.45) is 16.8 Å². The molecule has 0 aromatic heterocycles. The van der Waals surface area contributed by atoms with Gasteiger partial charge in [0.15, 0.2) is 0 Å². The number of carbonyl (C=O) groups excluding carboxylic acids is 1. The van der Waals surface area contributed by atoms with Crippen LogP contribution in [-0.2, 0) is 4.79 Å². The Kier molecular flexibility index (Phi) is 6.93. The van der Waals surface area contributed by atoms with Gasteiger partial charge >= 0.3 is 0 Å². The molecule has 1 atom stereocenters. The van der Waals surface area contributed by atoms with E-state index in [9.17, 15) is 4.79 Å². The summed E-state index contributed by atoms with van der Waals surface area (Å²) >= 11 is 1.96. The number of amidine groups is 1. The van der Waals surface area contributed by atoms with Crippen molar-refractivity contribution < 1.29 is 10.0 Å². The van der Waals surface area contributed by atoms with E-state index >= 15 is 0 Å². The number of nitrogens with two attached hydrogens (primary N) is 1. The van der Waals surface area contributed by atoms with E-state index in [1.807, 2.05) is 18.7 Å². The van der Waals surface area contributed by atoms with Gasteiger partial charge in [0.2, 0.25) is 5.91 Å². The van der Waals surface area contributed by atoms with Gasteiger partial charge < -0.3 is 16.3 Å². The van der Waals surface area contributed by atoms with Crippen molar-refractivity contribution in [1.82, 2.24) is 5.32 Å². The Morgan fingerprint density at radius 3 is 2.78 bits per heavy atom. The molecule has 0 saturated carbocycles. The predicted octanol–water partition coefficient (Wildman–Crippen LogP) is 1.55. The molecule has 4 N–H and O–H groups in total. The van der Waals surface area contributed by atoms with Gasteiger partial charge in [-0.1, -0.05) is 12.1 Å². The van der Waals surface area contributed by atoms with Crippen molar-refractivity contribution in [2.75, 3.05) is 11.5 Å². The minimum absolute atomic E-state index is 0.0358. The molecule has 0 aromatic carbocycles. The Morgan fingerprint density at radius 1 is 1.56 bits per heavy atom. The molecule has 1 aliphatic rings. The second kappa shape index (κ2) is 8.24. The van der Waals surface area contributed by atoms with Gasteiger partial charge in [-0.2, -0.15) is 11.8 Å². The number of carbonyl (C=O) groups is 1. The summed E-state index contributed by atoms with van der Waals surface area (Å²) in [6, 6.07) is -0.0358. The molecule has 0 radical (unpaired) electrons. The van der Waals surface area contributed by atoms with E-state index in [1.165, 1.54) is 11.5 Å². The van der Waals surface area contributed by atoms with Crippen molar-refractivity contribution in [3.63, 3.8) is 0 Å². The lowest BCUT2D eigenvalue weighted by atomic mass is 9.98. The van der Waals surface area contributed by atoms with Gasteiger partial charge in [0.05, 0.1) is 0 Å². The Morgan fingerprint density at radius 2 is 2.22 bits per heavy atom. The van der Waals surface area contributed by atoms with Crippen molar-refractivity contribution in [1.29, 1.82) is 0 Å². The van der Waals surface area contributed by atoms with E-state index < -0.39 is 0 Å². The molecular weight excluding hydrogens is 250 g/mol. The SMILES string of the molecule is CCC(CC(N)=NO)NC(=O)CC1CCSCC1. The van der Waals surface area contributed by atoms with Crippen LogP contribution in [0.5, 0.6) is 0 Å². The third-order valence-corrected chi connectivity index (χ3v) is 4.31. The van der Waals surface area contributed by atoms with Crippen molar-refractivity contribution >= 4 is 23.5 Å². The zero-order valence-electron chi connectivity index (χ0n) is 10.9. The van der Waals surface area contributed by atoms with Crippen LogP contribution in [0.4, 0.5) is 0 Å². The van der Waals surface area contributed by atoms with Gasteiger partial charge in [0, 0.05) is 18.9 Å². The highest BCUT2D eigenvalue weighted by atomic mass is 32.2. The van der Waals surface area contributed by atoms with Crippen LogP contribution in [0.15, 0.2) is 5.16 Å². The van der Waals surface area contributed by atoms with Crippen LogP contribution in [0.3, 0.4) is 0 Å². The summed E-state index contributed by atoms with van der Waals surface area (Å²) in [7, 11) is 0. The summed E-state index contributed by atoms with van der Waals surface area (Å²) in [6.07, 6.45) is 4.05. The van der Waals surface area contributed by atoms with Gasteiger partial charge in [-0.05, 0) is 36.7 Å². The number of nitrogens with one attached hydrogen (secondary N) is 1. The first-order valence-electron chi connectivity index (χ1n) is 6.49. The maximum Gasteiger partial charge on any atom is 0.220 e. The minimum atomic E-state index is -0.0358. The first-order valence-corrected chi connectivity index (χ1v) is 7.64. The topological polar surface area (TPSA) is 87.7 Å². The van der Waals surface area contributed by atoms with Crippen molar-refractivity contribution in [2.45, 2.75) is 45.1 Å². The van der Waals surface area contributed by atoms with E-state index in [1.54, 1.807) is 0 Å². The number of rotatable bonds is 6. The van der Waals surface area contributed by atoms with Crippen LogP contribution in [0.25, 0.3) is 0 Å². The molecule has 6 heteroatoms. The molecule has 1 fully saturated rings. The fourth-order valence-corrected chi connectivity index (χ4v) is 3.29. The normalized spacial score (nSPS) is 19.5. The molecule has 0 bridgehead atoms. The van der Waals surface area contributed by atoms with Gasteiger partial charge in [0.1, 0.15) is 5.84 Å². The lowest BCUT2D eigenvalue weighted by molar-refractivity contribution is -0.122. The van der Waals surface area contributed by atoms with Crippen LogP contribution in [0.2, 0.25) is 0 Å². The Balaban J connectivity index is 2.32. The molecular formula is C12H23N3O2S. The second-order valence-electron chi connectivity index (χ2n) is 4.73. The van der Waals surface area contributed by atoms with E-state index in [2.05, 4.69) is 10.5 Å². The molecule has 1 amide bonds. The summed E-state index contributed by atoms with van der Waals surface area (Å²) in [4.78, 5) is 11.9. The largest absolute Gasteiger partial charge is 0.409 e. The maximum absolute atomic E-state index is 11.9. The van der Waals surface area contributed by atoms with Gasteiger partial charge in [-0.15, -0.1) is 0 Å². The molecule has 1 aliphatic heterocycles. The van der Waals surface area contributed by atoms with Gasteiger partial charge in [0.25, 0.3) is 0 Å². The highest BCUT2D eigenvalue weighted by Gasteiger charge is 2.19. The smallest absolute Gasteiger partial charge is 0.220 e. The molecule has 104 valence electrons. The van der Waals surface area contributed by atoms with E-state index in [0.29, 0.717) is 18.8 Å². The molecule has 1 unspecified atom stereocenters. The van der Waals surface area contributed by atoms with Crippen molar-refractivity contribution in [3.05, 3.63) is 0 Å². The van der Waals surface area contributed by atoms with Crippen LogP contribution >= 0.6 is 11.8 Å². The molecule has 1 heterocycles. The van der Waals surface area contributed by atoms with Crippen LogP contribution < -0.4 is 11.1 Å². The molecule has 0 aliphatic carbocycles. The predicted molar refractivity (Wildman–Crippen MR) is 74.9 cm³/mol. The highest BCUT2D eigenvalue weighted by Crippen LogP contribution is 2.25. The first-order chi connectivity index (χ1) is 8.65. The van der Waals surface area contributed by atoms with E-state index in [4.69, 9.17) is 10.9 Å². The van der Waals surface area contributed by atoms with Crippen molar-refractivity contribution in [3.8, 4) is 0 Å². The minimum Gasteiger partial charge on any atom is -0.409 e. The van der Waals surface area contributed by atoms with E-state index in [0.717, 1.165) is 19.3 Å². The van der Waals surface area contributed by atoms with Gasteiger partial charge in [-0.3, -0.25) is 4.79 Å². The number of oxime groups is 1. The lowest BCUT2D eigenvalue weighted by Gasteiger charge is -2.22. The summed E-state index contributed by atoms with van der Waals surface area (Å²) in [5.74, 6) is 3.10. The Labute approximate surface area is 113 Å². The Bertz CT molecular complexity index is 291. The molecule has 0 spiro atoms. The summed E-state index contributed by atoms with van der Waals surface area (Å²) < 4.78 is 0.